The first-order valence-electron chi connectivity index (χ1n) is 9.75. The van der Waals surface area contributed by atoms with E-state index in [0.29, 0.717) is 12.6 Å². The van der Waals surface area contributed by atoms with E-state index in [1.165, 1.54) is 5.56 Å². The molecule has 2 aromatic rings. The van der Waals surface area contributed by atoms with Gasteiger partial charge in [0.2, 0.25) is 0 Å². The fourth-order valence-corrected chi connectivity index (χ4v) is 3.35. The Balaban J connectivity index is 0.00000280. The lowest BCUT2D eigenvalue weighted by Crippen LogP contribution is -2.48. The highest BCUT2D eigenvalue weighted by Gasteiger charge is 2.18. The van der Waals surface area contributed by atoms with Crippen molar-refractivity contribution in [3.8, 4) is 5.69 Å². The minimum atomic E-state index is 0. The third-order valence-corrected chi connectivity index (χ3v) is 4.76. The molecule has 3 rings (SSSR count). The van der Waals surface area contributed by atoms with Gasteiger partial charge in [-0.15, -0.1) is 30.6 Å². The second-order valence-electron chi connectivity index (χ2n) is 6.82. The predicted molar refractivity (Wildman–Crippen MR) is 127 cm³/mol. The van der Waals surface area contributed by atoms with E-state index < -0.39 is 0 Å². The molecule has 1 saturated heterocycles. The van der Waals surface area contributed by atoms with Crippen molar-refractivity contribution < 1.29 is 0 Å². The first-order valence-corrected chi connectivity index (χ1v) is 9.75. The summed E-state index contributed by atoms with van der Waals surface area (Å²) >= 11 is 0. The molecule has 0 unspecified atom stereocenters. The van der Waals surface area contributed by atoms with Crippen LogP contribution in [0.2, 0.25) is 0 Å². The molecular formula is C21H31IN6. The molecule has 0 atom stereocenters. The maximum Gasteiger partial charge on any atom is 0.191 e. The number of aromatic nitrogens is 2. The summed E-state index contributed by atoms with van der Waals surface area (Å²) in [5, 5.41) is 11.3. The van der Waals surface area contributed by atoms with Gasteiger partial charge >= 0.3 is 0 Å². The molecule has 0 amide bonds. The number of aliphatic imine (C=N–C) groups is 1. The van der Waals surface area contributed by atoms with Gasteiger partial charge in [-0.25, -0.2) is 9.67 Å². The largest absolute Gasteiger partial charge is 0.357 e. The quantitative estimate of drug-likeness (QED) is 0.269. The smallest absolute Gasteiger partial charge is 0.191 e. The minimum Gasteiger partial charge on any atom is -0.357 e. The summed E-state index contributed by atoms with van der Waals surface area (Å²) in [6.07, 6.45) is 7.99. The molecule has 2 heterocycles. The Bertz CT molecular complexity index is 735. The number of benzene rings is 1. The Morgan fingerprint density at radius 3 is 2.82 bits per heavy atom. The summed E-state index contributed by atoms with van der Waals surface area (Å²) < 4.78 is 1.87. The van der Waals surface area contributed by atoms with Crippen LogP contribution in [0.25, 0.3) is 5.69 Å². The van der Waals surface area contributed by atoms with Gasteiger partial charge in [-0.1, -0.05) is 18.2 Å². The zero-order valence-electron chi connectivity index (χ0n) is 16.6. The Morgan fingerprint density at radius 1 is 1.32 bits per heavy atom. The lowest BCUT2D eigenvalue weighted by Gasteiger charge is -2.32. The van der Waals surface area contributed by atoms with Crippen molar-refractivity contribution in [2.75, 3.05) is 26.2 Å². The summed E-state index contributed by atoms with van der Waals surface area (Å²) in [6, 6.07) is 10.7. The van der Waals surface area contributed by atoms with Crippen molar-refractivity contribution in [3.63, 3.8) is 0 Å². The number of guanidine groups is 1. The molecule has 1 fully saturated rings. The average molecular weight is 494 g/mol. The van der Waals surface area contributed by atoms with Crippen molar-refractivity contribution in [2.45, 2.75) is 32.4 Å². The van der Waals surface area contributed by atoms with Gasteiger partial charge in [-0.2, -0.15) is 5.10 Å². The molecule has 1 aromatic carbocycles. The van der Waals surface area contributed by atoms with E-state index in [9.17, 15) is 0 Å². The molecule has 0 radical (unpaired) electrons. The lowest BCUT2D eigenvalue weighted by molar-refractivity contribution is 0.225. The molecule has 28 heavy (non-hydrogen) atoms. The van der Waals surface area contributed by atoms with Gasteiger partial charge < -0.3 is 10.6 Å². The number of rotatable bonds is 7. The van der Waals surface area contributed by atoms with E-state index in [0.717, 1.165) is 50.7 Å². The van der Waals surface area contributed by atoms with Crippen LogP contribution >= 0.6 is 24.0 Å². The summed E-state index contributed by atoms with van der Waals surface area (Å²) in [7, 11) is 0. The monoisotopic (exact) mass is 494 g/mol. The summed E-state index contributed by atoms with van der Waals surface area (Å²) in [5.41, 5.74) is 2.22. The molecule has 6 nitrogen and oxygen atoms in total. The first kappa shape index (κ1) is 22.4. The Hall–Kier alpha value is -1.87. The van der Waals surface area contributed by atoms with Gasteiger partial charge in [0.15, 0.2) is 5.96 Å². The summed E-state index contributed by atoms with van der Waals surface area (Å²) in [4.78, 5) is 7.23. The fraction of sp³-hybridized carbons (Fsp3) is 0.429. The van der Waals surface area contributed by atoms with E-state index in [-0.39, 0.29) is 24.0 Å². The third-order valence-electron chi connectivity index (χ3n) is 4.76. The van der Waals surface area contributed by atoms with E-state index in [2.05, 4.69) is 58.4 Å². The maximum absolute atomic E-state index is 4.79. The fourth-order valence-electron chi connectivity index (χ4n) is 3.35. The SMILES string of the molecule is C=CCN1CCC(NC(=NCc2cccc(-n3cccn3)c2)NCC)CC1.I. The van der Waals surface area contributed by atoms with Crippen LogP contribution in [0.4, 0.5) is 0 Å². The maximum atomic E-state index is 4.79. The van der Waals surface area contributed by atoms with Gasteiger partial charge in [0.25, 0.3) is 0 Å². The van der Waals surface area contributed by atoms with Crippen LogP contribution in [0.1, 0.15) is 25.3 Å². The zero-order valence-corrected chi connectivity index (χ0v) is 18.9. The molecule has 1 aromatic heterocycles. The highest BCUT2D eigenvalue weighted by Crippen LogP contribution is 2.12. The predicted octanol–water partition coefficient (Wildman–Crippen LogP) is 3.20. The highest BCUT2D eigenvalue weighted by atomic mass is 127. The standard InChI is InChI=1S/C21H30N6.HI/c1-3-12-26-14-9-19(10-15-26)25-21(22-4-2)23-17-18-7-5-8-20(16-18)27-13-6-11-24-27;/h3,5-8,11,13,16,19H,1,4,9-10,12,14-15,17H2,2H3,(H2,22,23,25);1H. The molecule has 1 aliphatic rings. The van der Waals surface area contributed by atoms with Gasteiger partial charge in [-0.05, 0) is 43.5 Å². The molecule has 2 N–H and O–H groups in total. The Labute approximate surface area is 185 Å². The normalized spacial score (nSPS) is 15.7. The molecule has 0 spiro atoms. The first-order chi connectivity index (χ1) is 13.3. The van der Waals surface area contributed by atoms with E-state index in [1.54, 1.807) is 6.20 Å². The van der Waals surface area contributed by atoms with Crippen molar-refractivity contribution in [2.24, 2.45) is 4.99 Å². The number of piperidine rings is 1. The molecule has 152 valence electrons. The number of nitrogens with zero attached hydrogens (tertiary/aromatic N) is 4. The Kier molecular flexibility index (Phi) is 9.49. The van der Waals surface area contributed by atoms with Crippen LogP contribution in [-0.4, -0.2) is 52.9 Å². The number of hydrogen-bond donors (Lipinski definition) is 2. The van der Waals surface area contributed by atoms with Gasteiger partial charge in [0.1, 0.15) is 0 Å². The van der Waals surface area contributed by atoms with Crippen LogP contribution in [0.3, 0.4) is 0 Å². The third kappa shape index (κ3) is 6.63. The second-order valence-corrected chi connectivity index (χ2v) is 6.82. The van der Waals surface area contributed by atoms with Crippen LogP contribution in [-0.2, 0) is 6.54 Å². The number of hydrogen-bond acceptors (Lipinski definition) is 3. The highest BCUT2D eigenvalue weighted by molar-refractivity contribution is 14.0. The molecular weight excluding hydrogens is 463 g/mol. The van der Waals surface area contributed by atoms with Crippen LogP contribution in [0.15, 0.2) is 60.4 Å². The van der Waals surface area contributed by atoms with Gasteiger partial charge in [-0.3, -0.25) is 4.90 Å². The Morgan fingerprint density at radius 2 is 2.14 bits per heavy atom. The van der Waals surface area contributed by atoms with Crippen molar-refractivity contribution in [3.05, 3.63) is 60.9 Å². The van der Waals surface area contributed by atoms with Gasteiger partial charge in [0, 0.05) is 44.6 Å². The average Bonchev–Trinajstić information content (AvgIpc) is 3.23. The van der Waals surface area contributed by atoms with Crippen LogP contribution in [0.5, 0.6) is 0 Å². The molecule has 7 heteroatoms. The van der Waals surface area contributed by atoms with Crippen molar-refractivity contribution in [1.82, 2.24) is 25.3 Å². The van der Waals surface area contributed by atoms with Gasteiger partial charge in [0.05, 0.1) is 12.2 Å². The van der Waals surface area contributed by atoms with Crippen molar-refractivity contribution >= 4 is 29.9 Å². The van der Waals surface area contributed by atoms with E-state index in [1.807, 2.05) is 23.0 Å². The molecule has 0 saturated carbocycles. The number of nitrogens with one attached hydrogen (secondary N) is 2. The molecule has 1 aliphatic heterocycles. The second kappa shape index (κ2) is 11.9. The van der Waals surface area contributed by atoms with Crippen molar-refractivity contribution in [1.29, 1.82) is 0 Å². The minimum absolute atomic E-state index is 0. The zero-order chi connectivity index (χ0) is 18.9. The lowest BCUT2D eigenvalue weighted by atomic mass is 10.1. The topological polar surface area (TPSA) is 57.5 Å². The van der Waals surface area contributed by atoms with E-state index >= 15 is 0 Å². The molecule has 0 aliphatic carbocycles. The summed E-state index contributed by atoms with van der Waals surface area (Å²) in [5.74, 6) is 0.893. The molecule has 0 bridgehead atoms. The van der Waals surface area contributed by atoms with Crippen LogP contribution in [0, 0.1) is 0 Å². The number of halogens is 1. The van der Waals surface area contributed by atoms with E-state index in [4.69, 9.17) is 4.99 Å². The summed E-state index contributed by atoms with van der Waals surface area (Å²) in [6.45, 7) is 10.6. The van der Waals surface area contributed by atoms with Crippen LogP contribution < -0.4 is 10.6 Å². The number of likely N-dealkylation sites (tertiary alicyclic amines) is 1.